The van der Waals surface area contributed by atoms with Crippen LogP contribution < -0.4 is 4.74 Å². The van der Waals surface area contributed by atoms with Crippen LogP contribution in [0.1, 0.15) is 31.2 Å². The van der Waals surface area contributed by atoms with Gasteiger partial charge in [-0.1, -0.05) is 48.6 Å². The molecule has 2 atom stereocenters. The number of benzene rings is 3. The second kappa shape index (κ2) is 9.79. The summed E-state index contributed by atoms with van der Waals surface area (Å²) in [5.41, 5.74) is 1.31. The van der Waals surface area contributed by atoms with Gasteiger partial charge >= 0.3 is 0 Å². The molecule has 0 radical (unpaired) electrons. The van der Waals surface area contributed by atoms with Crippen LogP contribution in [0.2, 0.25) is 0 Å². The summed E-state index contributed by atoms with van der Waals surface area (Å²) in [7, 11) is 1.26. The summed E-state index contributed by atoms with van der Waals surface area (Å²) in [6.45, 7) is 2.25. The number of halogens is 4. The smallest absolute Gasteiger partial charge is 0.201 e. The zero-order valence-corrected chi connectivity index (χ0v) is 18.4. The van der Waals surface area contributed by atoms with Gasteiger partial charge in [-0.3, -0.25) is 0 Å². The average Bonchev–Trinajstić information content (AvgIpc) is 2.84. The number of methoxy groups -OCH3 is 1. The Morgan fingerprint density at radius 3 is 1.94 bits per heavy atom. The third-order valence-corrected chi connectivity index (χ3v) is 6.04. The minimum absolute atomic E-state index is 0.0148. The average molecular weight is 456 g/mol. The SMILES string of the molecule is C/C=C/C1CCC(c2ccc(-c3ccc(-c4ccc(OC)c(F)c4F)cc3)c(F)c2F)CO1. The van der Waals surface area contributed by atoms with Gasteiger partial charge in [0.05, 0.1) is 19.8 Å². The highest BCUT2D eigenvalue weighted by Crippen LogP contribution is 2.36. The highest BCUT2D eigenvalue weighted by molar-refractivity contribution is 5.71. The van der Waals surface area contributed by atoms with Gasteiger partial charge in [0, 0.05) is 17.0 Å². The quantitative estimate of drug-likeness (QED) is 0.294. The first-order chi connectivity index (χ1) is 15.9. The van der Waals surface area contributed by atoms with Crippen molar-refractivity contribution in [2.45, 2.75) is 31.8 Å². The highest BCUT2D eigenvalue weighted by Gasteiger charge is 2.26. The third kappa shape index (κ3) is 4.53. The van der Waals surface area contributed by atoms with Gasteiger partial charge in [-0.05, 0) is 48.6 Å². The Hall–Kier alpha value is -3.12. The standard InChI is InChI=1S/C27H24F4O2/c1-3-4-19-10-9-18(15-33-19)22-12-11-20(24(28)25(22)29)16-5-7-17(8-6-16)21-13-14-23(32-2)27(31)26(21)30/h3-8,11-14,18-19H,9-10,15H2,1-2H3/b4-3+. The van der Waals surface area contributed by atoms with Crippen molar-refractivity contribution in [3.8, 4) is 28.0 Å². The van der Waals surface area contributed by atoms with Crippen LogP contribution in [-0.2, 0) is 4.74 Å². The number of rotatable bonds is 5. The summed E-state index contributed by atoms with van der Waals surface area (Å²) in [6.07, 6.45) is 5.36. The van der Waals surface area contributed by atoms with E-state index in [4.69, 9.17) is 9.47 Å². The van der Waals surface area contributed by atoms with E-state index in [1.807, 2.05) is 19.1 Å². The summed E-state index contributed by atoms with van der Waals surface area (Å²) in [4.78, 5) is 0. The van der Waals surface area contributed by atoms with Crippen LogP contribution in [0.15, 0.2) is 60.7 Å². The molecule has 2 nitrogen and oxygen atoms in total. The Bertz CT molecular complexity index is 1160. The molecule has 0 bridgehead atoms. The van der Waals surface area contributed by atoms with Crippen LogP contribution >= 0.6 is 0 Å². The number of allylic oxidation sites excluding steroid dienone is 1. The molecule has 1 aliphatic rings. The molecule has 3 aromatic carbocycles. The van der Waals surface area contributed by atoms with Crippen molar-refractivity contribution in [3.63, 3.8) is 0 Å². The first-order valence-corrected chi connectivity index (χ1v) is 10.8. The van der Waals surface area contributed by atoms with Crippen molar-refractivity contribution in [2.75, 3.05) is 13.7 Å². The van der Waals surface area contributed by atoms with E-state index in [0.717, 1.165) is 6.42 Å². The topological polar surface area (TPSA) is 18.5 Å². The zero-order valence-electron chi connectivity index (χ0n) is 18.4. The Kier molecular flexibility index (Phi) is 6.84. The van der Waals surface area contributed by atoms with Crippen LogP contribution in [0.3, 0.4) is 0 Å². The molecule has 1 saturated heterocycles. The molecule has 1 aliphatic heterocycles. The zero-order chi connectivity index (χ0) is 23.5. The van der Waals surface area contributed by atoms with Crippen molar-refractivity contribution in [3.05, 3.63) is 89.5 Å². The van der Waals surface area contributed by atoms with E-state index in [0.29, 0.717) is 29.7 Å². The van der Waals surface area contributed by atoms with E-state index in [1.54, 1.807) is 36.4 Å². The number of hydrogen-bond donors (Lipinski definition) is 0. The van der Waals surface area contributed by atoms with Crippen molar-refractivity contribution in [1.82, 2.24) is 0 Å². The van der Waals surface area contributed by atoms with Gasteiger partial charge in [-0.25, -0.2) is 13.2 Å². The van der Waals surface area contributed by atoms with Gasteiger partial charge in [0.25, 0.3) is 0 Å². The second-order valence-electron chi connectivity index (χ2n) is 8.02. The van der Waals surface area contributed by atoms with Crippen molar-refractivity contribution in [2.24, 2.45) is 0 Å². The van der Waals surface area contributed by atoms with Gasteiger partial charge in [0.15, 0.2) is 23.2 Å². The molecular weight excluding hydrogens is 432 g/mol. The molecular formula is C27H24F4O2. The summed E-state index contributed by atoms with van der Waals surface area (Å²) < 4.78 is 68.9. The molecule has 0 saturated carbocycles. The molecule has 2 unspecified atom stereocenters. The summed E-state index contributed by atoms with van der Waals surface area (Å²) in [5, 5.41) is 0. The lowest BCUT2D eigenvalue weighted by atomic mass is 9.89. The fourth-order valence-corrected chi connectivity index (χ4v) is 4.23. The molecule has 0 N–H and O–H groups in total. The van der Waals surface area contributed by atoms with Crippen molar-refractivity contribution < 1.29 is 27.0 Å². The maximum Gasteiger partial charge on any atom is 0.201 e. The summed E-state index contributed by atoms with van der Waals surface area (Å²) in [5.74, 6) is -4.31. The van der Waals surface area contributed by atoms with E-state index in [-0.39, 0.29) is 28.9 Å². The minimum Gasteiger partial charge on any atom is -0.494 e. The highest BCUT2D eigenvalue weighted by atomic mass is 19.2. The molecule has 4 rings (SSSR count). The number of hydrogen-bond acceptors (Lipinski definition) is 2. The molecule has 0 aromatic heterocycles. The van der Waals surface area contributed by atoms with E-state index < -0.39 is 23.3 Å². The van der Waals surface area contributed by atoms with Crippen LogP contribution in [-0.4, -0.2) is 19.8 Å². The van der Waals surface area contributed by atoms with Gasteiger partial charge in [-0.2, -0.15) is 4.39 Å². The van der Waals surface area contributed by atoms with Crippen LogP contribution in [0.5, 0.6) is 5.75 Å². The Morgan fingerprint density at radius 2 is 1.39 bits per heavy atom. The molecule has 0 amide bonds. The predicted molar refractivity (Wildman–Crippen MR) is 120 cm³/mol. The lowest BCUT2D eigenvalue weighted by molar-refractivity contribution is 0.0317. The third-order valence-electron chi connectivity index (χ3n) is 6.04. The maximum atomic E-state index is 15.0. The fourth-order valence-electron chi connectivity index (χ4n) is 4.23. The minimum atomic E-state index is -1.08. The lowest BCUT2D eigenvalue weighted by Crippen LogP contribution is -2.24. The summed E-state index contributed by atoms with van der Waals surface area (Å²) in [6, 6.07) is 12.1. The number of ether oxygens (including phenoxy) is 2. The molecule has 6 heteroatoms. The predicted octanol–water partition coefficient (Wildman–Crippen LogP) is 7.42. The molecule has 1 heterocycles. The van der Waals surface area contributed by atoms with E-state index in [1.165, 1.54) is 19.2 Å². The van der Waals surface area contributed by atoms with Gasteiger partial charge in [0.1, 0.15) is 0 Å². The van der Waals surface area contributed by atoms with Gasteiger partial charge < -0.3 is 9.47 Å². The van der Waals surface area contributed by atoms with Gasteiger partial charge in [0.2, 0.25) is 5.82 Å². The first kappa shape index (κ1) is 23.1. The lowest BCUT2D eigenvalue weighted by Gasteiger charge is -2.28. The van der Waals surface area contributed by atoms with E-state index >= 15 is 0 Å². The normalized spacial score (nSPS) is 18.6. The van der Waals surface area contributed by atoms with Gasteiger partial charge in [-0.15, -0.1) is 0 Å². The summed E-state index contributed by atoms with van der Waals surface area (Å²) >= 11 is 0. The molecule has 0 spiro atoms. The van der Waals surface area contributed by atoms with Crippen molar-refractivity contribution in [1.29, 1.82) is 0 Å². The second-order valence-corrected chi connectivity index (χ2v) is 8.02. The van der Waals surface area contributed by atoms with Crippen LogP contribution in [0, 0.1) is 23.3 Å². The Morgan fingerprint density at radius 1 is 0.788 bits per heavy atom. The maximum absolute atomic E-state index is 15.0. The van der Waals surface area contributed by atoms with Crippen LogP contribution in [0.25, 0.3) is 22.3 Å². The van der Waals surface area contributed by atoms with E-state index in [9.17, 15) is 17.6 Å². The Labute approximate surface area is 190 Å². The fraction of sp³-hybridized carbons (Fsp3) is 0.259. The van der Waals surface area contributed by atoms with E-state index in [2.05, 4.69) is 0 Å². The first-order valence-electron chi connectivity index (χ1n) is 10.8. The Balaban J connectivity index is 1.58. The molecule has 33 heavy (non-hydrogen) atoms. The largest absolute Gasteiger partial charge is 0.494 e. The monoisotopic (exact) mass is 456 g/mol. The molecule has 3 aromatic rings. The van der Waals surface area contributed by atoms with Crippen molar-refractivity contribution >= 4 is 0 Å². The molecule has 172 valence electrons. The molecule has 0 aliphatic carbocycles. The molecule has 1 fully saturated rings. The van der Waals surface area contributed by atoms with Crippen LogP contribution in [0.4, 0.5) is 17.6 Å².